The van der Waals surface area contributed by atoms with Crippen molar-refractivity contribution in [2.75, 3.05) is 0 Å². The van der Waals surface area contributed by atoms with E-state index in [2.05, 4.69) is 15.2 Å². The molecule has 8 nitrogen and oxygen atoms in total. The number of aryl methyl sites for hydroxylation is 1. The second-order valence-corrected chi connectivity index (χ2v) is 5.39. The van der Waals surface area contributed by atoms with Crippen molar-refractivity contribution in [3.63, 3.8) is 0 Å². The van der Waals surface area contributed by atoms with E-state index in [0.29, 0.717) is 17.3 Å². The van der Waals surface area contributed by atoms with Gasteiger partial charge in [-0.1, -0.05) is 30.3 Å². The highest BCUT2D eigenvalue weighted by Crippen LogP contribution is 2.37. The van der Waals surface area contributed by atoms with Gasteiger partial charge < -0.3 is 10.1 Å². The first-order valence-electron chi connectivity index (χ1n) is 7.52. The van der Waals surface area contributed by atoms with E-state index < -0.39 is 10.8 Å². The molecule has 2 N–H and O–H groups in total. The molecule has 0 aliphatic heterocycles. The lowest BCUT2D eigenvalue weighted by Gasteiger charge is -1.97. The molecular weight excluding hydrogens is 324 g/mol. The number of aromatic hydroxyl groups is 1. The van der Waals surface area contributed by atoms with Crippen LogP contribution in [-0.4, -0.2) is 20.9 Å². The number of non-ortho nitro benzene ring substituents is 1. The van der Waals surface area contributed by atoms with Gasteiger partial charge >= 0.3 is 0 Å². The van der Waals surface area contributed by atoms with Crippen LogP contribution in [0.15, 0.2) is 58.8 Å². The van der Waals surface area contributed by atoms with Gasteiger partial charge in [0.25, 0.3) is 11.6 Å². The molecule has 0 unspecified atom stereocenters. The van der Waals surface area contributed by atoms with E-state index in [1.54, 1.807) is 0 Å². The molecule has 0 saturated heterocycles. The van der Waals surface area contributed by atoms with Crippen LogP contribution in [0.3, 0.4) is 0 Å². The SMILES string of the molecule is O=C(CCc1ccccc1)N=Nc1c(O)[nH]c2ccc([N+](=O)[O-])cc12. The average molecular weight is 338 g/mol. The summed E-state index contributed by atoms with van der Waals surface area (Å²) in [5, 5.41) is 28.5. The topological polar surface area (TPSA) is 121 Å². The summed E-state index contributed by atoms with van der Waals surface area (Å²) in [6.07, 6.45) is 0.709. The molecule has 8 heteroatoms. The van der Waals surface area contributed by atoms with Gasteiger partial charge in [0, 0.05) is 23.9 Å². The van der Waals surface area contributed by atoms with Crippen molar-refractivity contribution >= 4 is 28.2 Å². The Balaban J connectivity index is 1.78. The quantitative estimate of drug-likeness (QED) is 0.414. The summed E-state index contributed by atoms with van der Waals surface area (Å²) in [6, 6.07) is 13.5. The second kappa shape index (κ2) is 6.91. The van der Waals surface area contributed by atoms with Gasteiger partial charge in [-0.3, -0.25) is 14.9 Å². The van der Waals surface area contributed by atoms with Gasteiger partial charge in [0.05, 0.1) is 10.4 Å². The van der Waals surface area contributed by atoms with Gasteiger partial charge in [-0.25, -0.2) is 0 Å². The minimum Gasteiger partial charge on any atom is -0.493 e. The number of carbonyl (C=O) groups excluding carboxylic acids is 1. The fourth-order valence-corrected chi connectivity index (χ4v) is 2.42. The minimum atomic E-state index is -0.546. The summed E-state index contributed by atoms with van der Waals surface area (Å²) < 4.78 is 0. The summed E-state index contributed by atoms with van der Waals surface area (Å²) in [5.41, 5.74) is 1.34. The lowest BCUT2D eigenvalue weighted by molar-refractivity contribution is -0.384. The number of carbonyl (C=O) groups is 1. The van der Waals surface area contributed by atoms with E-state index in [4.69, 9.17) is 0 Å². The molecule has 1 aromatic heterocycles. The molecule has 0 aliphatic carbocycles. The van der Waals surface area contributed by atoms with Gasteiger partial charge in [0.15, 0.2) is 5.69 Å². The molecule has 0 radical (unpaired) electrons. The highest BCUT2D eigenvalue weighted by atomic mass is 16.6. The third kappa shape index (κ3) is 3.69. The predicted octanol–water partition coefficient (Wildman–Crippen LogP) is 4.02. The smallest absolute Gasteiger partial charge is 0.270 e. The van der Waals surface area contributed by atoms with Crippen LogP contribution in [0.5, 0.6) is 5.88 Å². The molecule has 0 spiro atoms. The van der Waals surface area contributed by atoms with Crippen molar-refractivity contribution < 1.29 is 14.8 Å². The Morgan fingerprint density at radius 3 is 2.68 bits per heavy atom. The molecule has 0 atom stereocenters. The fraction of sp³-hybridized carbons (Fsp3) is 0.118. The number of nitrogens with zero attached hydrogens (tertiary/aromatic N) is 3. The van der Waals surface area contributed by atoms with Crippen LogP contribution < -0.4 is 0 Å². The average Bonchev–Trinajstić information content (AvgIpc) is 2.93. The zero-order valence-corrected chi connectivity index (χ0v) is 13.0. The van der Waals surface area contributed by atoms with Crippen LogP contribution in [0.2, 0.25) is 0 Å². The van der Waals surface area contributed by atoms with Gasteiger partial charge in [-0.05, 0) is 18.1 Å². The second-order valence-electron chi connectivity index (χ2n) is 5.39. The third-order valence-electron chi connectivity index (χ3n) is 3.68. The van der Waals surface area contributed by atoms with Gasteiger partial charge in [0.2, 0.25) is 5.88 Å². The first kappa shape index (κ1) is 16.3. The van der Waals surface area contributed by atoms with Crippen LogP contribution >= 0.6 is 0 Å². The van der Waals surface area contributed by atoms with E-state index in [1.165, 1.54) is 18.2 Å². The van der Waals surface area contributed by atoms with Crippen molar-refractivity contribution in [2.45, 2.75) is 12.8 Å². The number of amides is 1. The zero-order valence-electron chi connectivity index (χ0n) is 13.0. The summed E-state index contributed by atoms with van der Waals surface area (Å²) in [7, 11) is 0. The first-order valence-corrected chi connectivity index (χ1v) is 7.52. The Hall–Kier alpha value is -3.55. The number of rotatable bonds is 5. The number of benzene rings is 2. The molecule has 1 heterocycles. The number of aromatic nitrogens is 1. The first-order chi connectivity index (χ1) is 12.0. The van der Waals surface area contributed by atoms with Crippen molar-refractivity contribution in [3.05, 3.63) is 64.2 Å². The van der Waals surface area contributed by atoms with E-state index in [0.717, 1.165) is 5.56 Å². The van der Waals surface area contributed by atoms with E-state index in [1.807, 2.05) is 30.3 Å². The van der Waals surface area contributed by atoms with Crippen LogP contribution in [0, 0.1) is 10.1 Å². The maximum Gasteiger partial charge on any atom is 0.270 e. The van der Waals surface area contributed by atoms with E-state index in [-0.39, 0.29) is 23.7 Å². The molecule has 3 rings (SSSR count). The van der Waals surface area contributed by atoms with Gasteiger partial charge in [-0.15, -0.1) is 10.2 Å². The number of nitro benzene ring substituents is 1. The number of hydrogen-bond acceptors (Lipinski definition) is 5. The summed E-state index contributed by atoms with van der Waals surface area (Å²) in [6.45, 7) is 0. The number of H-pyrrole nitrogens is 1. The molecule has 0 saturated carbocycles. The Bertz CT molecular complexity index is 963. The number of hydrogen-bond donors (Lipinski definition) is 2. The third-order valence-corrected chi connectivity index (χ3v) is 3.68. The predicted molar refractivity (Wildman–Crippen MR) is 90.9 cm³/mol. The highest BCUT2D eigenvalue weighted by Gasteiger charge is 2.15. The van der Waals surface area contributed by atoms with Gasteiger partial charge in [-0.2, -0.15) is 0 Å². The fourth-order valence-electron chi connectivity index (χ4n) is 2.42. The summed E-state index contributed by atoms with van der Waals surface area (Å²) in [4.78, 5) is 24.8. The molecule has 126 valence electrons. The van der Waals surface area contributed by atoms with Crippen molar-refractivity contribution in [1.82, 2.24) is 4.98 Å². The van der Waals surface area contributed by atoms with Crippen LogP contribution in [0.4, 0.5) is 11.4 Å². The molecular formula is C17H14N4O4. The van der Waals surface area contributed by atoms with E-state index >= 15 is 0 Å². The van der Waals surface area contributed by atoms with Crippen molar-refractivity contribution in [3.8, 4) is 5.88 Å². The van der Waals surface area contributed by atoms with Crippen LogP contribution in [0.1, 0.15) is 12.0 Å². The molecule has 3 aromatic rings. The number of azo groups is 1. The lowest BCUT2D eigenvalue weighted by atomic mass is 10.1. The Labute approximate surface area is 142 Å². The van der Waals surface area contributed by atoms with Gasteiger partial charge in [0.1, 0.15) is 0 Å². The zero-order chi connectivity index (χ0) is 17.8. The maximum atomic E-state index is 11.9. The molecule has 0 bridgehead atoms. The summed E-state index contributed by atoms with van der Waals surface area (Å²) >= 11 is 0. The molecule has 0 aliphatic rings. The number of fused-ring (bicyclic) bond motifs is 1. The van der Waals surface area contributed by atoms with E-state index in [9.17, 15) is 20.0 Å². The van der Waals surface area contributed by atoms with Crippen molar-refractivity contribution in [1.29, 1.82) is 0 Å². The maximum absolute atomic E-state index is 11.9. The molecule has 2 aromatic carbocycles. The lowest BCUT2D eigenvalue weighted by Crippen LogP contribution is -1.95. The minimum absolute atomic E-state index is 0.00626. The Morgan fingerprint density at radius 1 is 1.20 bits per heavy atom. The summed E-state index contributed by atoms with van der Waals surface area (Å²) in [5.74, 6) is -0.738. The molecule has 0 fully saturated rings. The molecule has 25 heavy (non-hydrogen) atoms. The normalized spacial score (nSPS) is 11.2. The van der Waals surface area contributed by atoms with Crippen LogP contribution in [0.25, 0.3) is 10.9 Å². The standard InChI is InChI=1S/C17H14N4O4/c22-15(9-6-11-4-2-1-3-5-11)19-20-16-13-10-12(21(24)25)7-8-14(13)18-17(16)23/h1-5,7-8,10,18,23H,6,9H2. The number of aromatic amines is 1. The van der Waals surface area contributed by atoms with Crippen LogP contribution in [-0.2, 0) is 11.2 Å². The Kier molecular flexibility index (Phi) is 4.51. The Morgan fingerprint density at radius 2 is 1.96 bits per heavy atom. The number of nitro groups is 1. The largest absolute Gasteiger partial charge is 0.493 e. The number of nitrogens with one attached hydrogen (secondary N) is 1. The molecule has 1 amide bonds. The monoisotopic (exact) mass is 338 g/mol. The highest BCUT2D eigenvalue weighted by molar-refractivity contribution is 5.95. The van der Waals surface area contributed by atoms with Crippen molar-refractivity contribution in [2.24, 2.45) is 10.2 Å².